The molecule has 0 aliphatic carbocycles. The molecule has 0 N–H and O–H groups in total. The number of carbonyl (C=O) groups excluding carboxylic acids is 2. The van der Waals surface area contributed by atoms with E-state index in [4.69, 9.17) is 14.2 Å². The summed E-state index contributed by atoms with van der Waals surface area (Å²) < 4.78 is 17.3. The number of carbonyl (C=O) groups is 2. The quantitative estimate of drug-likeness (QED) is 0.0346. The SMILES string of the molecule is CC/C=C\C/C=C\C/C=C\C/C=C\CCC(=O)OC(COCCCCCCCCC/C=C\C/C=C\C/C=C\CCCCC)COC(=O)CCCCCCC/C=C\C/C=C\C/C=C\CC. The molecule has 0 spiro atoms. The van der Waals surface area contributed by atoms with Crippen LogP contribution in [0.3, 0.4) is 0 Å². The van der Waals surface area contributed by atoms with Crippen LogP contribution in [0.2, 0.25) is 0 Å². The summed E-state index contributed by atoms with van der Waals surface area (Å²) >= 11 is 0. The molecular formula is C59H96O5. The van der Waals surface area contributed by atoms with Gasteiger partial charge in [0, 0.05) is 19.4 Å². The smallest absolute Gasteiger partial charge is 0.306 e. The van der Waals surface area contributed by atoms with Crippen molar-refractivity contribution < 1.29 is 23.8 Å². The second-order valence-corrected chi connectivity index (χ2v) is 16.7. The van der Waals surface area contributed by atoms with Crippen LogP contribution in [0.15, 0.2) is 122 Å². The van der Waals surface area contributed by atoms with E-state index in [0.29, 0.717) is 19.4 Å². The zero-order chi connectivity index (χ0) is 46.3. The van der Waals surface area contributed by atoms with E-state index < -0.39 is 6.10 Å². The van der Waals surface area contributed by atoms with Crippen molar-refractivity contribution >= 4 is 11.9 Å². The van der Waals surface area contributed by atoms with Crippen LogP contribution in [0.1, 0.15) is 213 Å². The average Bonchev–Trinajstić information content (AvgIpc) is 3.30. The fourth-order valence-electron chi connectivity index (χ4n) is 6.66. The van der Waals surface area contributed by atoms with Crippen LogP contribution >= 0.6 is 0 Å². The molecule has 1 atom stereocenters. The van der Waals surface area contributed by atoms with Gasteiger partial charge in [-0.3, -0.25) is 9.59 Å². The van der Waals surface area contributed by atoms with Gasteiger partial charge >= 0.3 is 11.9 Å². The number of unbranched alkanes of at least 4 members (excludes halogenated alkanes) is 15. The van der Waals surface area contributed by atoms with Gasteiger partial charge in [0.2, 0.25) is 0 Å². The maximum atomic E-state index is 12.8. The zero-order valence-electron chi connectivity index (χ0n) is 41.5. The van der Waals surface area contributed by atoms with Gasteiger partial charge in [-0.15, -0.1) is 0 Å². The van der Waals surface area contributed by atoms with Crippen molar-refractivity contribution in [1.29, 1.82) is 0 Å². The number of ether oxygens (including phenoxy) is 3. The van der Waals surface area contributed by atoms with Crippen molar-refractivity contribution in [3.8, 4) is 0 Å². The van der Waals surface area contributed by atoms with E-state index in [1.807, 2.05) is 6.08 Å². The second kappa shape index (κ2) is 53.6. The van der Waals surface area contributed by atoms with Gasteiger partial charge in [-0.05, 0) is 116 Å². The maximum Gasteiger partial charge on any atom is 0.306 e. The van der Waals surface area contributed by atoms with E-state index in [9.17, 15) is 9.59 Å². The van der Waals surface area contributed by atoms with Crippen molar-refractivity contribution in [3.63, 3.8) is 0 Å². The Morgan fingerprint density at radius 2 is 0.734 bits per heavy atom. The van der Waals surface area contributed by atoms with Gasteiger partial charge in [-0.25, -0.2) is 0 Å². The van der Waals surface area contributed by atoms with Crippen molar-refractivity contribution in [1.82, 2.24) is 0 Å². The number of allylic oxidation sites excluding steroid dienone is 20. The third-order valence-corrected chi connectivity index (χ3v) is 10.5. The Labute approximate surface area is 395 Å². The first-order chi connectivity index (χ1) is 31.6. The minimum absolute atomic E-state index is 0.0360. The van der Waals surface area contributed by atoms with Crippen molar-refractivity contribution in [3.05, 3.63) is 122 Å². The molecule has 0 rings (SSSR count). The molecule has 0 aromatic carbocycles. The van der Waals surface area contributed by atoms with E-state index >= 15 is 0 Å². The lowest BCUT2D eigenvalue weighted by atomic mass is 10.1. The van der Waals surface area contributed by atoms with Crippen LogP contribution < -0.4 is 0 Å². The highest BCUT2D eigenvalue weighted by Gasteiger charge is 2.17. The number of rotatable bonds is 46. The Morgan fingerprint density at radius 1 is 0.359 bits per heavy atom. The molecule has 0 aliphatic heterocycles. The van der Waals surface area contributed by atoms with Gasteiger partial charge in [0.05, 0.1) is 6.61 Å². The third kappa shape index (κ3) is 50.9. The van der Waals surface area contributed by atoms with Crippen LogP contribution in [-0.2, 0) is 23.8 Å². The van der Waals surface area contributed by atoms with Gasteiger partial charge in [-0.2, -0.15) is 0 Å². The van der Waals surface area contributed by atoms with Crippen molar-refractivity contribution in [2.45, 2.75) is 219 Å². The van der Waals surface area contributed by atoms with E-state index in [2.05, 4.69) is 136 Å². The third-order valence-electron chi connectivity index (χ3n) is 10.5. The summed E-state index contributed by atoms with van der Waals surface area (Å²) in [6.07, 6.45) is 75.1. The Bertz CT molecular complexity index is 1320. The lowest BCUT2D eigenvalue weighted by Crippen LogP contribution is -2.30. The van der Waals surface area contributed by atoms with Gasteiger partial charge in [0.15, 0.2) is 6.10 Å². The predicted octanol–water partition coefficient (Wildman–Crippen LogP) is 17.8. The molecular weight excluding hydrogens is 789 g/mol. The summed E-state index contributed by atoms with van der Waals surface area (Å²) in [5.74, 6) is -0.524. The highest BCUT2D eigenvalue weighted by atomic mass is 16.6. The number of hydrogen-bond donors (Lipinski definition) is 0. The molecule has 0 amide bonds. The van der Waals surface area contributed by atoms with Gasteiger partial charge in [0.1, 0.15) is 6.61 Å². The standard InChI is InChI=1S/C59H96O5/c1-4-7-10-13-16-19-22-25-27-28-29-30-31-33-36-39-42-45-48-51-54-62-55-57(64-59(61)53-50-47-44-41-38-34-24-21-18-15-12-9-6-3)56-63-58(60)52-49-46-43-40-37-35-32-26-23-20-17-14-11-8-5-2/h8-9,11-12,16-21,25-27,29-30,32,34,38,44,47,57H,4-7,10,13-15,22-24,28,31,33,35-37,39-43,45-46,48-56H2,1-3H3/b11-8-,12-9-,19-16-,20-17-,21-18-,27-25-,30-29-,32-26-,38-34-,47-44-. The summed E-state index contributed by atoms with van der Waals surface area (Å²) in [4.78, 5) is 25.4. The summed E-state index contributed by atoms with van der Waals surface area (Å²) in [7, 11) is 0. The molecule has 0 aromatic rings. The summed E-state index contributed by atoms with van der Waals surface area (Å²) in [5, 5.41) is 0. The lowest BCUT2D eigenvalue weighted by molar-refractivity contribution is -0.162. The van der Waals surface area contributed by atoms with Gasteiger partial charge in [-0.1, -0.05) is 206 Å². The van der Waals surface area contributed by atoms with Crippen LogP contribution in [-0.4, -0.2) is 37.9 Å². The van der Waals surface area contributed by atoms with Gasteiger partial charge < -0.3 is 14.2 Å². The molecule has 0 aliphatic rings. The fourth-order valence-corrected chi connectivity index (χ4v) is 6.66. The van der Waals surface area contributed by atoms with E-state index in [0.717, 1.165) is 96.3 Å². The molecule has 0 saturated carbocycles. The van der Waals surface area contributed by atoms with Crippen LogP contribution in [0.4, 0.5) is 0 Å². The largest absolute Gasteiger partial charge is 0.462 e. The molecule has 5 heteroatoms. The first kappa shape index (κ1) is 60.3. The minimum Gasteiger partial charge on any atom is -0.462 e. The van der Waals surface area contributed by atoms with E-state index in [1.165, 1.54) is 77.0 Å². The first-order valence-corrected chi connectivity index (χ1v) is 26.1. The van der Waals surface area contributed by atoms with Crippen molar-refractivity contribution in [2.24, 2.45) is 0 Å². The lowest BCUT2D eigenvalue weighted by Gasteiger charge is -2.18. The second-order valence-electron chi connectivity index (χ2n) is 16.7. The Kier molecular flexibility index (Phi) is 50.5. The topological polar surface area (TPSA) is 61.8 Å². The molecule has 5 nitrogen and oxygen atoms in total. The normalized spacial score (nSPS) is 13.2. The van der Waals surface area contributed by atoms with E-state index in [-0.39, 0.29) is 31.6 Å². The Balaban J connectivity index is 4.39. The molecule has 362 valence electrons. The minimum atomic E-state index is -0.595. The van der Waals surface area contributed by atoms with Crippen LogP contribution in [0.5, 0.6) is 0 Å². The van der Waals surface area contributed by atoms with Gasteiger partial charge in [0.25, 0.3) is 0 Å². The Hall–Kier alpha value is -3.70. The maximum absolute atomic E-state index is 12.8. The molecule has 64 heavy (non-hydrogen) atoms. The molecule has 0 bridgehead atoms. The average molecular weight is 885 g/mol. The molecule has 0 aromatic heterocycles. The summed E-state index contributed by atoms with van der Waals surface area (Å²) in [6, 6.07) is 0. The monoisotopic (exact) mass is 885 g/mol. The molecule has 0 heterocycles. The fraction of sp³-hybridized carbons (Fsp3) is 0.627. The van der Waals surface area contributed by atoms with Crippen LogP contribution in [0, 0.1) is 0 Å². The molecule has 1 unspecified atom stereocenters. The zero-order valence-corrected chi connectivity index (χ0v) is 41.5. The van der Waals surface area contributed by atoms with Crippen LogP contribution in [0.25, 0.3) is 0 Å². The highest BCUT2D eigenvalue weighted by Crippen LogP contribution is 2.12. The first-order valence-electron chi connectivity index (χ1n) is 26.1. The summed E-state index contributed by atoms with van der Waals surface area (Å²) in [6.45, 7) is 7.44. The van der Waals surface area contributed by atoms with E-state index in [1.54, 1.807) is 0 Å². The molecule has 0 fully saturated rings. The predicted molar refractivity (Wildman–Crippen MR) is 279 cm³/mol. The summed E-state index contributed by atoms with van der Waals surface area (Å²) in [5.41, 5.74) is 0. The Morgan fingerprint density at radius 3 is 1.19 bits per heavy atom. The highest BCUT2D eigenvalue weighted by molar-refractivity contribution is 5.70. The molecule has 0 radical (unpaired) electrons. The molecule has 0 saturated heterocycles. The number of esters is 2. The van der Waals surface area contributed by atoms with Crippen molar-refractivity contribution in [2.75, 3.05) is 19.8 Å². The number of hydrogen-bond acceptors (Lipinski definition) is 5.